The van der Waals surface area contributed by atoms with Crippen molar-refractivity contribution in [3.63, 3.8) is 0 Å². The van der Waals surface area contributed by atoms with Crippen LogP contribution in [0, 0.1) is 0 Å². The van der Waals surface area contributed by atoms with E-state index < -0.39 is 0 Å². The van der Waals surface area contributed by atoms with Crippen LogP contribution in [0.4, 0.5) is 0 Å². The monoisotopic (exact) mass is 154 g/mol. The normalized spacial score (nSPS) is 9.91. The van der Waals surface area contributed by atoms with Crippen molar-refractivity contribution in [2.75, 3.05) is 6.61 Å². The van der Waals surface area contributed by atoms with Crippen molar-refractivity contribution < 1.29 is 15.3 Å². The molecule has 3 N–H and O–H groups in total. The zero-order valence-corrected chi connectivity index (χ0v) is 5.99. The first-order chi connectivity index (χ1) is 5.22. The van der Waals surface area contributed by atoms with E-state index in [1.807, 2.05) is 0 Å². The molecule has 1 rings (SSSR count). The molecule has 0 spiro atoms. The fourth-order valence-electron chi connectivity index (χ4n) is 0.930. The van der Waals surface area contributed by atoms with Crippen LogP contribution in [0.5, 0.6) is 11.5 Å². The third-order valence-electron chi connectivity index (χ3n) is 1.36. The molecule has 0 unspecified atom stereocenters. The second kappa shape index (κ2) is 3.25. The summed E-state index contributed by atoms with van der Waals surface area (Å²) in [5.41, 5.74) is 0.727. The Hall–Kier alpha value is -1.22. The second-order valence-corrected chi connectivity index (χ2v) is 2.33. The van der Waals surface area contributed by atoms with E-state index in [4.69, 9.17) is 15.3 Å². The van der Waals surface area contributed by atoms with Crippen molar-refractivity contribution in [3.05, 3.63) is 23.8 Å². The van der Waals surface area contributed by atoms with E-state index in [2.05, 4.69) is 0 Å². The largest absolute Gasteiger partial charge is 0.508 e. The minimum absolute atomic E-state index is 0.0168. The molecule has 0 radical (unpaired) electrons. The predicted octanol–water partition coefficient (Wildman–Crippen LogP) is 0.633. The van der Waals surface area contributed by atoms with E-state index >= 15 is 0 Å². The maximum atomic E-state index is 8.98. The summed E-state index contributed by atoms with van der Waals surface area (Å²) >= 11 is 0. The third-order valence-corrected chi connectivity index (χ3v) is 1.36. The molecule has 3 heteroatoms. The molecule has 0 heterocycles. The van der Waals surface area contributed by atoms with Gasteiger partial charge in [-0.05, 0) is 24.1 Å². The van der Waals surface area contributed by atoms with Crippen LogP contribution in [-0.4, -0.2) is 21.9 Å². The van der Waals surface area contributed by atoms with Crippen molar-refractivity contribution in [3.8, 4) is 11.5 Å². The van der Waals surface area contributed by atoms with Gasteiger partial charge in [0.1, 0.15) is 11.5 Å². The maximum Gasteiger partial charge on any atom is 0.119 e. The number of phenolic OH excluding ortho intramolecular Hbond substituents is 2. The molecule has 0 fully saturated rings. The zero-order valence-electron chi connectivity index (χ0n) is 5.99. The number of hydrogen-bond acceptors (Lipinski definition) is 3. The zero-order chi connectivity index (χ0) is 8.27. The molecule has 11 heavy (non-hydrogen) atoms. The van der Waals surface area contributed by atoms with E-state index in [0.717, 1.165) is 5.56 Å². The van der Waals surface area contributed by atoms with Gasteiger partial charge in [0, 0.05) is 12.7 Å². The summed E-state index contributed by atoms with van der Waals surface area (Å²) in [5, 5.41) is 26.5. The molecule has 3 nitrogen and oxygen atoms in total. The summed E-state index contributed by atoms with van der Waals surface area (Å²) in [4.78, 5) is 0. The van der Waals surface area contributed by atoms with Gasteiger partial charge in [-0.2, -0.15) is 0 Å². The second-order valence-electron chi connectivity index (χ2n) is 2.33. The molecule has 1 aromatic rings. The van der Waals surface area contributed by atoms with Gasteiger partial charge in [0.2, 0.25) is 0 Å². The lowest BCUT2D eigenvalue weighted by Crippen LogP contribution is -1.89. The molecule has 60 valence electrons. The highest BCUT2D eigenvalue weighted by Gasteiger charge is 1.97. The number of phenols is 2. The summed E-state index contributed by atoms with van der Waals surface area (Å²) in [7, 11) is 0. The standard InChI is InChI=1S/C8H10O3/c9-2-1-6-3-7(10)5-8(11)4-6/h3-5,9-11H,1-2H2. The number of rotatable bonds is 2. The topological polar surface area (TPSA) is 60.7 Å². The van der Waals surface area contributed by atoms with Gasteiger partial charge >= 0.3 is 0 Å². The Morgan fingerprint density at radius 1 is 1.00 bits per heavy atom. The van der Waals surface area contributed by atoms with Crippen LogP contribution in [-0.2, 0) is 6.42 Å². The summed E-state index contributed by atoms with van der Waals surface area (Å²) in [6, 6.07) is 4.27. The van der Waals surface area contributed by atoms with Gasteiger partial charge < -0.3 is 15.3 Å². The number of aliphatic hydroxyl groups is 1. The number of aliphatic hydroxyl groups excluding tert-OH is 1. The molecule has 0 saturated heterocycles. The van der Waals surface area contributed by atoms with Crippen LogP contribution >= 0.6 is 0 Å². The van der Waals surface area contributed by atoms with Crippen LogP contribution in [0.1, 0.15) is 5.56 Å². The Labute approximate surface area is 64.5 Å². The molecule has 0 aliphatic rings. The number of benzene rings is 1. The highest BCUT2D eigenvalue weighted by molar-refractivity contribution is 5.36. The van der Waals surface area contributed by atoms with Gasteiger partial charge in [0.15, 0.2) is 0 Å². The van der Waals surface area contributed by atoms with Gasteiger partial charge in [-0.3, -0.25) is 0 Å². The highest BCUT2D eigenvalue weighted by atomic mass is 16.3. The van der Waals surface area contributed by atoms with Crippen molar-refractivity contribution in [1.29, 1.82) is 0 Å². The average molecular weight is 154 g/mol. The molecule has 1 aromatic carbocycles. The minimum atomic E-state index is 0.0168. The van der Waals surface area contributed by atoms with E-state index in [1.165, 1.54) is 18.2 Å². The van der Waals surface area contributed by atoms with E-state index in [9.17, 15) is 0 Å². The van der Waals surface area contributed by atoms with Crippen LogP contribution in [0.15, 0.2) is 18.2 Å². The van der Waals surface area contributed by atoms with E-state index in [1.54, 1.807) is 0 Å². The molecule has 0 saturated carbocycles. The molecule has 0 bridgehead atoms. The van der Waals surface area contributed by atoms with E-state index in [-0.39, 0.29) is 18.1 Å². The Bertz CT molecular complexity index is 225. The van der Waals surface area contributed by atoms with Crippen LogP contribution in [0.3, 0.4) is 0 Å². The molecular weight excluding hydrogens is 144 g/mol. The smallest absolute Gasteiger partial charge is 0.119 e. The Balaban J connectivity index is 2.89. The average Bonchev–Trinajstić information content (AvgIpc) is 1.85. The molecule has 0 aliphatic carbocycles. The van der Waals surface area contributed by atoms with Gasteiger partial charge in [-0.25, -0.2) is 0 Å². The fourth-order valence-corrected chi connectivity index (χ4v) is 0.930. The molecule has 0 atom stereocenters. The Morgan fingerprint density at radius 2 is 1.55 bits per heavy atom. The Morgan fingerprint density at radius 3 is 2.00 bits per heavy atom. The van der Waals surface area contributed by atoms with Crippen LogP contribution in [0.2, 0.25) is 0 Å². The lowest BCUT2D eigenvalue weighted by Gasteiger charge is -2.00. The van der Waals surface area contributed by atoms with Crippen molar-refractivity contribution in [2.45, 2.75) is 6.42 Å². The minimum Gasteiger partial charge on any atom is -0.508 e. The fraction of sp³-hybridized carbons (Fsp3) is 0.250. The predicted molar refractivity (Wildman–Crippen MR) is 40.6 cm³/mol. The summed E-state index contributed by atoms with van der Waals surface area (Å²) in [5.74, 6) is 0.0434. The quantitative estimate of drug-likeness (QED) is 0.585. The first kappa shape index (κ1) is 7.88. The van der Waals surface area contributed by atoms with Crippen molar-refractivity contribution in [1.82, 2.24) is 0 Å². The van der Waals surface area contributed by atoms with Crippen LogP contribution < -0.4 is 0 Å². The number of aromatic hydroxyl groups is 2. The van der Waals surface area contributed by atoms with E-state index in [0.29, 0.717) is 6.42 Å². The first-order valence-electron chi connectivity index (χ1n) is 3.35. The maximum absolute atomic E-state index is 8.98. The Kier molecular flexibility index (Phi) is 2.33. The summed E-state index contributed by atoms with van der Waals surface area (Å²) < 4.78 is 0. The molecule has 0 aromatic heterocycles. The molecular formula is C8H10O3. The number of hydrogen-bond donors (Lipinski definition) is 3. The highest BCUT2D eigenvalue weighted by Crippen LogP contribution is 2.20. The molecule has 0 aliphatic heterocycles. The lowest BCUT2D eigenvalue weighted by molar-refractivity contribution is 0.299. The third kappa shape index (κ3) is 2.13. The van der Waals surface area contributed by atoms with Crippen molar-refractivity contribution >= 4 is 0 Å². The summed E-state index contributed by atoms with van der Waals surface area (Å²) in [6.07, 6.45) is 0.446. The van der Waals surface area contributed by atoms with Gasteiger partial charge in [-0.15, -0.1) is 0 Å². The summed E-state index contributed by atoms with van der Waals surface area (Å²) in [6.45, 7) is 0.0168. The lowest BCUT2D eigenvalue weighted by atomic mass is 10.1. The van der Waals surface area contributed by atoms with Gasteiger partial charge in [0.25, 0.3) is 0 Å². The molecule has 0 amide bonds. The van der Waals surface area contributed by atoms with Gasteiger partial charge in [0.05, 0.1) is 0 Å². The van der Waals surface area contributed by atoms with Gasteiger partial charge in [-0.1, -0.05) is 0 Å². The SMILES string of the molecule is OCCc1cc(O)cc(O)c1. The first-order valence-corrected chi connectivity index (χ1v) is 3.35. The van der Waals surface area contributed by atoms with Crippen molar-refractivity contribution in [2.24, 2.45) is 0 Å². The van der Waals surface area contributed by atoms with Crippen LogP contribution in [0.25, 0.3) is 0 Å².